The molecule has 0 radical (unpaired) electrons. The molecule has 0 aromatic heterocycles. The van der Waals surface area contributed by atoms with Crippen LogP contribution in [0.25, 0.3) is 54.2 Å². The minimum atomic E-state index is 0. The zero-order valence-electron chi connectivity index (χ0n) is 29.2. The summed E-state index contributed by atoms with van der Waals surface area (Å²) in [6.45, 7) is 20.4. The van der Waals surface area contributed by atoms with Crippen molar-refractivity contribution in [3.8, 4) is 11.1 Å². The second kappa shape index (κ2) is 15.8. The zero-order chi connectivity index (χ0) is 32.5. The van der Waals surface area contributed by atoms with Gasteiger partial charge in [-0.3, -0.25) is 0 Å². The van der Waals surface area contributed by atoms with Gasteiger partial charge >= 0.3 is 41.9 Å². The van der Waals surface area contributed by atoms with Gasteiger partial charge in [0.05, 0.1) is 0 Å². The fourth-order valence-electron chi connectivity index (χ4n) is 5.96. The molecule has 0 spiro atoms. The summed E-state index contributed by atoms with van der Waals surface area (Å²) in [5.41, 5.74) is 7.37. The van der Waals surface area contributed by atoms with E-state index in [1.807, 2.05) is 0 Å². The number of halogens is 2. The average molecular weight is 753 g/mol. The number of rotatable bonds is 1. The number of benzene rings is 5. The van der Waals surface area contributed by atoms with Gasteiger partial charge in [-0.2, -0.15) is 0 Å². The summed E-state index contributed by atoms with van der Waals surface area (Å²) in [6.07, 6.45) is 0. The second-order valence-electron chi connectivity index (χ2n) is 14.7. The van der Waals surface area contributed by atoms with Crippen molar-refractivity contribution >= 4 is 48.5 Å². The molecule has 7 aromatic rings. The Balaban J connectivity index is 0.000000221. The molecule has 0 amide bonds. The van der Waals surface area contributed by atoms with E-state index in [0.29, 0.717) is 0 Å². The van der Waals surface area contributed by atoms with Crippen molar-refractivity contribution in [3.05, 3.63) is 132 Å². The predicted molar refractivity (Wildman–Crippen MR) is 199 cm³/mol. The van der Waals surface area contributed by atoms with E-state index in [2.05, 4.69) is 177 Å². The van der Waals surface area contributed by atoms with Crippen LogP contribution in [0.2, 0.25) is 13.1 Å². The molecule has 7 rings (SSSR count). The Morgan fingerprint density at radius 2 is 1.02 bits per heavy atom. The van der Waals surface area contributed by atoms with Gasteiger partial charge < -0.3 is 24.8 Å². The van der Waals surface area contributed by atoms with Crippen molar-refractivity contribution in [3.63, 3.8) is 0 Å². The van der Waals surface area contributed by atoms with Crippen LogP contribution in [-0.2, 0) is 34.2 Å². The Labute approximate surface area is 309 Å². The molecule has 242 valence electrons. The molecule has 47 heavy (non-hydrogen) atoms. The molecule has 0 atom stereocenters. The van der Waals surface area contributed by atoms with E-state index < -0.39 is 0 Å². The third-order valence-corrected chi connectivity index (χ3v) is 8.37. The molecular formula is C43H46Cl2SiZr-2. The van der Waals surface area contributed by atoms with Gasteiger partial charge in [-0.1, -0.05) is 143 Å². The molecule has 0 aliphatic carbocycles. The van der Waals surface area contributed by atoms with Crippen LogP contribution in [0.4, 0.5) is 0 Å². The Hall–Kier alpha value is -2.48. The SMILES string of the molecule is CC(C)(C)c1ccc2c(c1)[cH-]c1cc(C(C)(C)C)ccc12.C[Si](C)=[Zr+2].Cc1cc(-c2cc3ccccc3[cH-]2)c2ccccc2c1.[Cl-].[Cl-]. The maximum absolute atomic E-state index is 2.35. The maximum Gasteiger partial charge on any atom is -0.0250 e. The summed E-state index contributed by atoms with van der Waals surface area (Å²) >= 11 is 1.74. The zero-order valence-corrected chi connectivity index (χ0v) is 34.2. The van der Waals surface area contributed by atoms with Gasteiger partial charge in [-0.05, 0) is 28.5 Å². The van der Waals surface area contributed by atoms with Gasteiger partial charge in [0.25, 0.3) is 0 Å². The van der Waals surface area contributed by atoms with E-state index in [9.17, 15) is 0 Å². The summed E-state index contributed by atoms with van der Waals surface area (Å²) in [5.74, 6) is 0. The molecule has 0 saturated heterocycles. The largest absolute Gasteiger partial charge is 1.00 e. The van der Waals surface area contributed by atoms with Crippen molar-refractivity contribution in [2.75, 3.05) is 0 Å². The predicted octanol–water partition coefficient (Wildman–Crippen LogP) is 6.79. The Morgan fingerprint density at radius 1 is 0.532 bits per heavy atom. The van der Waals surface area contributed by atoms with Crippen LogP contribution in [0.3, 0.4) is 0 Å². The van der Waals surface area contributed by atoms with Crippen LogP contribution in [0.15, 0.2) is 115 Å². The average Bonchev–Trinajstić information content (AvgIpc) is 3.56. The smallest absolute Gasteiger partial charge is 0.0250 e. The van der Waals surface area contributed by atoms with Gasteiger partial charge in [-0.15, -0.1) is 74.3 Å². The monoisotopic (exact) mass is 750 g/mol. The van der Waals surface area contributed by atoms with Crippen LogP contribution in [0.5, 0.6) is 0 Å². The maximum atomic E-state index is 2.35. The molecule has 0 fully saturated rings. The number of fused-ring (bicyclic) bond motifs is 5. The first kappa shape index (κ1) is 39.0. The molecule has 0 saturated carbocycles. The van der Waals surface area contributed by atoms with Crippen LogP contribution in [0, 0.1) is 6.92 Å². The molecule has 0 aliphatic heterocycles. The molecular weight excluding hydrogens is 707 g/mol. The van der Waals surface area contributed by atoms with Crippen molar-refractivity contribution in [2.24, 2.45) is 0 Å². The van der Waals surface area contributed by atoms with Crippen molar-refractivity contribution < 1.29 is 48.1 Å². The van der Waals surface area contributed by atoms with E-state index >= 15 is 0 Å². The Bertz CT molecular complexity index is 2030. The summed E-state index contributed by atoms with van der Waals surface area (Å²) in [7, 11) is 0. The first-order valence-electron chi connectivity index (χ1n) is 16.0. The van der Waals surface area contributed by atoms with Crippen LogP contribution < -0.4 is 24.8 Å². The fourth-order valence-corrected chi connectivity index (χ4v) is 5.96. The van der Waals surface area contributed by atoms with Gasteiger partial charge in [0, 0.05) is 0 Å². The summed E-state index contributed by atoms with van der Waals surface area (Å²) in [6, 6.07) is 42.5. The number of aryl methyl sites for hydroxylation is 1. The third-order valence-electron chi connectivity index (χ3n) is 8.37. The number of hydrogen-bond donors (Lipinski definition) is 0. The normalized spacial score (nSPS) is 11.3. The molecule has 0 bridgehead atoms. The Morgan fingerprint density at radius 3 is 1.53 bits per heavy atom. The number of hydrogen-bond acceptors (Lipinski definition) is 0. The van der Waals surface area contributed by atoms with E-state index in [-0.39, 0.29) is 41.1 Å². The molecule has 0 N–H and O–H groups in total. The molecule has 7 aromatic carbocycles. The fraction of sp³-hybridized carbons (Fsp3) is 0.256. The summed E-state index contributed by atoms with van der Waals surface area (Å²) < 4.78 is 0. The molecule has 0 unspecified atom stereocenters. The third kappa shape index (κ3) is 9.36. The van der Waals surface area contributed by atoms with E-state index in [1.54, 1.807) is 23.3 Å². The first-order chi connectivity index (χ1) is 21.2. The van der Waals surface area contributed by atoms with Gasteiger partial charge in [0.2, 0.25) is 0 Å². The van der Waals surface area contributed by atoms with E-state index in [1.165, 1.54) is 70.9 Å². The van der Waals surface area contributed by atoms with Gasteiger partial charge in [0.1, 0.15) is 0 Å². The first-order valence-corrected chi connectivity index (χ1v) is 22.2. The van der Waals surface area contributed by atoms with Gasteiger partial charge in [0.15, 0.2) is 0 Å². The standard InChI is InChI=1S/C21H25.C20H15.C2H6Si.2ClH.Zr/c1-20(2,3)16-7-9-18-14(12-16)11-15-13-17(21(4,5)6)8-10-19(15)18;1-14-10-17-8-4-5-9-19(17)20(11-14)18-12-15-6-2-3-7-16(15)13-18;1-3-2;;;/h7-13H,1-6H3;2-13H,1H3;1-2H3;2*1H;/q2*-1;;;;+2/p-2. The molecule has 0 nitrogen and oxygen atoms in total. The van der Waals surface area contributed by atoms with Crippen LogP contribution in [-0.4, -0.2) is 5.43 Å². The van der Waals surface area contributed by atoms with E-state index in [0.717, 1.165) is 0 Å². The second-order valence-corrected chi connectivity index (χ2v) is 24.0. The van der Waals surface area contributed by atoms with Crippen molar-refractivity contribution in [2.45, 2.75) is 72.4 Å². The van der Waals surface area contributed by atoms with Crippen LogP contribution in [0.1, 0.15) is 58.2 Å². The molecule has 4 heteroatoms. The van der Waals surface area contributed by atoms with Crippen molar-refractivity contribution in [1.82, 2.24) is 0 Å². The molecule has 0 aliphatic rings. The minimum absolute atomic E-state index is 0. The van der Waals surface area contributed by atoms with Crippen molar-refractivity contribution in [1.29, 1.82) is 0 Å². The molecule has 0 heterocycles. The Kier molecular flexibility index (Phi) is 13.1. The minimum Gasteiger partial charge on any atom is -1.00 e. The van der Waals surface area contributed by atoms with Gasteiger partial charge in [-0.25, -0.2) is 0 Å². The topological polar surface area (TPSA) is 0 Å². The van der Waals surface area contributed by atoms with E-state index in [4.69, 9.17) is 0 Å². The summed E-state index contributed by atoms with van der Waals surface area (Å²) in [4.78, 5) is 0. The summed E-state index contributed by atoms with van der Waals surface area (Å²) in [5, 5.41) is 10.7. The quantitative estimate of drug-likeness (QED) is 0.128. The van der Waals surface area contributed by atoms with Crippen LogP contribution >= 0.6 is 0 Å².